The minimum Gasteiger partial charge on any atom is -0.490 e. The van der Waals surface area contributed by atoms with Crippen molar-refractivity contribution < 1.29 is 28.3 Å². The average Bonchev–Trinajstić information content (AvgIpc) is 3.49. The Labute approximate surface area is 231 Å². The first-order valence-electron chi connectivity index (χ1n) is 13.1. The molecule has 202 valence electrons. The molecule has 2 aliphatic heterocycles. The van der Waals surface area contributed by atoms with E-state index >= 15 is 0 Å². The van der Waals surface area contributed by atoms with Crippen molar-refractivity contribution in [2.24, 2.45) is 5.92 Å². The maximum absolute atomic E-state index is 14.7. The van der Waals surface area contributed by atoms with Gasteiger partial charge in [0.05, 0.1) is 24.0 Å². The molecule has 40 heavy (non-hydrogen) atoms. The van der Waals surface area contributed by atoms with Crippen LogP contribution in [0.2, 0.25) is 0 Å². The van der Waals surface area contributed by atoms with Crippen LogP contribution >= 0.6 is 0 Å². The molecule has 0 aromatic heterocycles. The number of hydrogen-bond acceptors (Lipinski definition) is 6. The number of fused-ring (bicyclic) bond motifs is 1. The van der Waals surface area contributed by atoms with Crippen molar-refractivity contribution in [3.63, 3.8) is 0 Å². The molecule has 0 saturated carbocycles. The van der Waals surface area contributed by atoms with Gasteiger partial charge in [0, 0.05) is 0 Å². The summed E-state index contributed by atoms with van der Waals surface area (Å²) in [5.74, 6) is -1.62. The van der Waals surface area contributed by atoms with Crippen LogP contribution in [0.4, 0.5) is 15.8 Å². The summed E-state index contributed by atoms with van der Waals surface area (Å²) < 4.78 is 26.7. The lowest BCUT2D eigenvalue weighted by Crippen LogP contribution is -2.37. The first-order valence-corrected chi connectivity index (χ1v) is 13.1. The lowest BCUT2D eigenvalue weighted by atomic mass is 9.90. The predicted octanol–water partition coefficient (Wildman–Crippen LogP) is 5.85. The fourth-order valence-electron chi connectivity index (χ4n) is 5.25. The molecular weight excluding hydrogens is 511 g/mol. The predicted molar refractivity (Wildman–Crippen MR) is 147 cm³/mol. The minimum absolute atomic E-state index is 0.0832. The molecule has 0 N–H and O–H groups in total. The monoisotopic (exact) mass is 538 g/mol. The molecule has 7 nitrogen and oxygen atoms in total. The summed E-state index contributed by atoms with van der Waals surface area (Å²) in [7, 11) is 0. The molecule has 0 bridgehead atoms. The van der Waals surface area contributed by atoms with Crippen LogP contribution in [0, 0.1) is 11.7 Å². The van der Waals surface area contributed by atoms with Crippen molar-refractivity contribution in [3.8, 4) is 11.5 Å². The molecule has 0 unspecified atom stereocenters. The normalized spacial score (nSPS) is 20.1. The highest BCUT2D eigenvalue weighted by Gasteiger charge is 2.60. The van der Waals surface area contributed by atoms with Crippen molar-refractivity contribution in [1.29, 1.82) is 0 Å². The van der Waals surface area contributed by atoms with Gasteiger partial charge >= 0.3 is 0 Å². The third-order valence-corrected chi connectivity index (χ3v) is 7.07. The average molecular weight is 539 g/mol. The van der Waals surface area contributed by atoms with E-state index in [0.717, 1.165) is 10.5 Å². The van der Waals surface area contributed by atoms with Gasteiger partial charge in [0.15, 0.2) is 17.6 Å². The number of halogens is 1. The van der Waals surface area contributed by atoms with Crippen molar-refractivity contribution >= 4 is 23.2 Å². The molecule has 4 aromatic rings. The Bertz CT molecular complexity index is 1530. The molecule has 2 fully saturated rings. The van der Waals surface area contributed by atoms with Crippen LogP contribution in [0.3, 0.4) is 0 Å². The minimum atomic E-state index is -1.11. The van der Waals surface area contributed by atoms with E-state index in [1.807, 2.05) is 79.7 Å². The molecule has 0 radical (unpaired) electrons. The standard InChI is InChI=1S/C32H27FN2O5/c1-2-38-27-19-22(17-18-26(27)39-20-21-11-5-3-6-12-21)29-28-30(40-35(29)23-13-7-4-8-14-23)32(37)34(31(28)36)25-16-10-9-15-24(25)33/h3-19,28-30H,2,20H2,1H3/t28-,29+,30+/m0/s1. The third-order valence-electron chi connectivity index (χ3n) is 7.07. The Morgan fingerprint density at radius 2 is 1.50 bits per heavy atom. The second-order valence-corrected chi connectivity index (χ2v) is 9.53. The number of ether oxygens (including phenoxy) is 2. The van der Waals surface area contributed by atoms with Gasteiger partial charge in [-0.3, -0.25) is 14.4 Å². The lowest BCUT2D eigenvalue weighted by molar-refractivity contribution is -0.126. The van der Waals surface area contributed by atoms with E-state index in [0.29, 0.717) is 36.0 Å². The smallest absolute Gasteiger partial charge is 0.266 e. The number of anilines is 2. The van der Waals surface area contributed by atoms with E-state index in [-0.39, 0.29) is 5.69 Å². The van der Waals surface area contributed by atoms with Crippen LogP contribution in [0.5, 0.6) is 11.5 Å². The Kier molecular flexibility index (Phi) is 6.92. The summed E-state index contributed by atoms with van der Waals surface area (Å²) in [5.41, 5.74) is 2.31. The molecule has 8 heteroatoms. The van der Waals surface area contributed by atoms with Crippen LogP contribution < -0.4 is 19.4 Å². The Balaban J connectivity index is 1.38. The zero-order valence-electron chi connectivity index (χ0n) is 21.8. The van der Waals surface area contributed by atoms with E-state index < -0.39 is 35.7 Å². The van der Waals surface area contributed by atoms with Gasteiger partial charge in [0.2, 0.25) is 5.91 Å². The third kappa shape index (κ3) is 4.56. The van der Waals surface area contributed by atoms with Crippen LogP contribution in [0.1, 0.15) is 24.1 Å². The van der Waals surface area contributed by atoms with Gasteiger partial charge in [-0.1, -0.05) is 66.7 Å². The van der Waals surface area contributed by atoms with E-state index in [2.05, 4.69) is 0 Å². The van der Waals surface area contributed by atoms with Gasteiger partial charge in [-0.2, -0.15) is 0 Å². The van der Waals surface area contributed by atoms with Gasteiger partial charge in [-0.15, -0.1) is 0 Å². The molecule has 2 aliphatic rings. The first kappa shape index (κ1) is 25.6. The highest BCUT2D eigenvalue weighted by atomic mass is 19.1. The Morgan fingerprint density at radius 3 is 2.23 bits per heavy atom. The summed E-state index contributed by atoms with van der Waals surface area (Å²) in [6, 6.07) is 29.6. The highest BCUT2D eigenvalue weighted by molar-refractivity contribution is 6.24. The van der Waals surface area contributed by atoms with Crippen molar-refractivity contribution in [1.82, 2.24) is 0 Å². The number of benzene rings is 4. The number of rotatable bonds is 8. The quantitative estimate of drug-likeness (QED) is 0.262. The van der Waals surface area contributed by atoms with Gasteiger partial charge in [-0.05, 0) is 54.4 Å². The number of amides is 2. The molecule has 2 saturated heterocycles. The summed E-state index contributed by atoms with van der Waals surface area (Å²) in [4.78, 5) is 34.4. The van der Waals surface area contributed by atoms with Crippen molar-refractivity contribution in [2.45, 2.75) is 25.7 Å². The summed E-state index contributed by atoms with van der Waals surface area (Å²) in [6.07, 6.45) is -1.11. The SMILES string of the molecule is CCOc1cc([C@@H]2[C@@H]3C(=O)N(c4ccccc4F)C(=O)[C@@H]3ON2c2ccccc2)ccc1OCc1ccccc1. The molecule has 0 aliphatic carbocycles. The maximum Gasteiger partial charge on any atom is 0.266 e. The number of nitrogens with zero attached hydrogens (tertiary/aromatic N) is 2. The topological polar surface area (TPSA) is 68.3 Å². The molecule has 3 atom stereocenters. The number of para-hydroxylation sites is 2. The molecule has 2 amide bonds. The largest absolute Gasteiger partial charge is 0.490 e. The number of imide groups is 1. The number of carbonyl (C=O) groups is 2. The summed E-state index contributed by atoms with van der Waals surface area (Å²) in [5, 5.41) is 1.60. The van der Waals surface area contributed by atoms with Crippen molar-refractivity contribution in [2.75, 3.05) is 16.6 Å². The fourth-order valence-corrected chi connectivity index (χ4v) is 5.25. The molecular formula is C32H27FN2O5. The summed E-state index contributed by atoms with van der Waals surface area (Å²) >= 11 is 0. The number of carbonyl (C=O) groups excluding carboxylic acids is 2. The zero-order chi connectivity index (χ0) is 27.6. The Morgan fingerprint density at radius 1 is 0.800 bits per heavy atom. The van der Waals surface area contributed by atoms with Crippen molar-refractivity contribution in [3.05, 3.63) is 120 Å². The maximum atomic E-state index is 14.7. The summed E-state index contributed by atoms with van der Waals surface area (Å²) in [6.45, 7) is 2.64. The van der Waals surface area contributed by atoms with E-state index in [1.54, 1.807) is 17.2 Å². The molecule has 2 heterocycles. The lowest BCUT2D eigenvalue weighted by Gasteiger charge is -2.29. The van der Waals surface area contributed by atoms with E-state index in [1.165, 1.54) is 18.2 Å². The van der Waals surface area contributed by atoms with Crippen LogP contribution in [-0.4, -0.2) is 24.5 Å². The second-order valence-electron chi connectivity index (χ2n) is 9.53. The zero-order valence-corrected chi connectivity index (χ0v) is 21.8. The van der Waals surface area contributed by atoms with E-state index in [9.17, 15) is 14.0 Å². The van der Waals surface area contributed by atoms with Crippen LogP contribution in [0.15, 0.2) is 103 Å². The Hall–Kier alpha value is -4.69. The second kappa shape index (κ2) is 10.8. The highest BCUT2D eigenvalue weighted by Crippen LogP contribution is 2.49. The fraction of sp³-hybridized carbons (Fsp3) is 0.188. The van der Waals surface area contributed by atoms with Gasteiger partial charge < -0.3 is 9.47 Å². The van der Waals surface area contributed by atoms with Gasteiger partial charge in [0.25, 0.3) is 5.91 Å². The van der Waals surface area contributed by atoms with Crippen LogP contribution in [0.25, 0.3) is 0 Å². The van der Waals surface area contributed by atoms with E-state index in [4.69, 9.17) is 14.3 Å². The number of hydroxylamine groups is 1. The molecule has 4 aromatic carbocycles. The molecule has 0 spiro atoms. The van der Waals surface area contributed by atoms with Gasteiger partial charge in [-0.25, -0.2) is 14.4 Å². The first-order chi connectivity index (χ1) is 19.6. The number of hydrogen-bond donors (Lipinski definition) is 0. The van der Waals surface area contributed by atoms with Gasteiger partial charge in [0.1, 0.15) is 18.3 Å². The van der Waals surface area contributed by atoms with Crippen LogP contribution in [-0.2, 0) is 21.0 Å². The molecule has 6 rings (SSSR count).